The Kier molecular flexibility index (Phi) is 4.88. The molecule has 0 aliphatic heterocycles. The van der Waals surface area contributed by atoms with Crippen LogP contribution in [-0.4, -0.2) is 6.29 Å². The highest BCUT2D eigenvalue weighted by molar-refractivity contribution is 5.50. The SMILES string of the molecule is Cc1cc(CCC=O)cc(F)c1OCc1ccccc1. The maximum absolute atomic E-state index is 14.0. The summed E-state index contributed by atoms with van der Waals surface area (Å²) in [6, 6.07) is 13.0. The Bertz CT molecular complexity index is 556. The first-order valence-corrected chi connectivity index (χ1v) is 6.60. The van der Waals surface area contributed by atoms with Gasteiger partial charge in [0.05, 0.1) is 0 Å². The molecule has 0 radical (unpaired) electrons. The molecule has 0 bridgehead atoms. The van der Waals surface area contributed by atoms with E-state index in [9.17, 15) is 9.18 Å². The molecule has 0 saturated heterocycles. The van der Waals surface area contributed by atoms with Crippen LogP contribution in [0.15, 0.2) is 42.5 Å². The van der Waals surface area contributed by atoms with E-state index >= 15 is 0 Å². The van der Waals surface area contributed by atoms with Crippen molar-refractivity contribution in [2.45, 2.75) is 26.4 Å². The molecule has 0 N–H and O–H groups in total. The number of hydrogen-bond donors (Lipinski definition) is 0. The standard InChI is InChI=1S/C17H17FO2/c1-13-10-15(8-5-9-19)11-16(18)17(13)20-12-14-6-3-2-4-7-14/h2-4,6-7,9-11H,5,8,12H2,1H3. The van der Waals surface area contributed by atoms with Crippen LogP contribution in [0.4, 0.5) is 4.39 Å². The van der Waals surface area contributed by atoms with E-state index in [-0.39, 0.29) is 11.6 Å². The summed E-state index contributed by atoms with van der Waals surface area (Å²) in [7, 11) is 0. The monoisotopic (exact) mass is 272 g/mol. The van der Waals surface area contributed by atoms with Gasteiger partial charge < -0.3 is 9.53 Å². The van der Waals surface area contributed by atoms with Crippen molar-refractivity contribution in [3.63, 3.8) is 0 Å². The number of carbonyl (C=O) groups excluding carboxylic acids is 1. The molecule has 0 fully saturated rings. The van der Waals surface area contributed by atoms with Crippen molar-refractivity contribution in [2.75, 3.05) is 0 Å². The van der Waals surface area contributed by atoms with Gasteiger partial charge in [-0.15, -0.1) is 0 Å². The van der Waals surface area contributed by atoms with Gasteiger partial charge in [0.1, 0.15) is 12.9 Å². The molecule has 0 aliphatic carbocycles. The van der Waals surface area contributed by atoms with Gasteiger partial charge in [0.25, 0.3) is 0 Å². The molecule has 2 aromatic rings. The van der Waals surface area contributed by atoms with Crippen LogP contribution in [0.1, 0.15) is 23.1 Å². The Morgan fingerprint density at radius 3 is 2.55 bits per heavy atom. The number of halogens is 1. The highest BCUT2D eigenvalue weighted by atomic mass is 19.1. The minimum Gasteiger partial charge on any atom is -0.486 e. The Balaban J connectivity index is 2.10. The number of benzene rings is 2. The molecule has 104 valence electrons. The Morgan fingerprint density at radius 1 is 1.15 bits per heavy atom. The van der Waals surface area contributed by atoms with E-state index in [1.54, 1.807) is 0 Å². The molecule has 0 spiro atoms. The lowest BCUT2D eigenvalue weighted by atomic mass is 10.1. The van der Waals surface area contributed by atoms with E-state index in [1.807, 2.05) is 43.3 Å². The molecule has 2 nitrogen and oxygen atoms in total. The molecule has 0 aliphatic rings. The summed E-state index contributed by atoms with van der Waals surface area (Å²) in [4.78, 5) is 10.4. The van der Waals surface area contributed by atoms with Crippen molar-refractivity contribution in [1.29, 1.82) is 0 Å². The van der Waals surface area contributed by atoms with Gasteiger partial charge >= 0.3 is 0 Å². The third-order valence-corrected chi connectivity index (χ3v) is 3.07. The Hall–Kier alpha value is -2.16. The zero-order chi connectivity index (χ0) is 14.4. The van der Waals surface area contributed by atoms with E-state index in [4.69, 9.17) is 4.74 Å². The first-order valence-electron chi connectivity index (χ1n) is 6.60. The van der Waals surface area contributed by atoms with E-state index in [0.29, 0.717) is 19.4 Å². The second kappa shape index (κ2) is 6.85. The van der Waals surface area contributed by atoms with Gasteiger partial charge in [-0.25, -0.2) is 4.39 Å². The summed E-state index contributed by atoms with van der Waals surface area (Å²) in [6.07, 6.45) is 1.80. The van der Waals surface area contributed by atoms with Crippen LogP contribution >= 0.6 is 0 Å². The molecule has 0 saturated carbocycles. The Morgan fingerprint density at radius 2 is 1.90 bits per heavy atom. The van der Waals surface area contributed by atoms with Gasteiger partial charge in [-0.3, -0.25) is 0 Å². The van der Waals surface area contributed by atoms with Crippen LogP contribution in [0.5, 0.6) is 5.75 Å². The normalized spacial score (nSPS) is 10.3. The number of aldehydes is 1. The van der Waals surface area contributed by atoms with E-state index < -0.39 is 0 Å². The van der Waals surface area contributed by atoms with Crippen molar-refractivity contribution in [3.8, 4) is 5.75 Å². The Labute approximate surface area is 118 Å². The van der Waals surface area contributed by atoms with Crippen molar-refractivity contribution >= 4 is 6.29 Å². The summed E-state index contributed by atoms with van der Waals surface area (Å²) in [5.74, 6) is -0.0921. The lowest BCUT2D eigenvalue weighted by Crippen LogP contribution is -2.01. The molecule has 0 heterocycles. The van der Waals surface area contributed by atoms with Gasteiger partial charge in [0.2, 0.25) is 0 Å². The third-order valence-electron chi connectivity index (χ3n) is 3.07. The maximum Gasteiger partial charge on any atom is 0.165 e. The topological polar surface area (TPSA) is 26.3 Å². The third kappa shape index (κ3) is 3.67. The predicted octanol–water partition coefficient (Wildman–Crippen LogP) is 3.84. The van der Waals surface area contributed by atoms with Crippen molar-refractivity contribution < 1.29 is 13.9 Å². The first kappa shape index (κ1) is 14.3. The van der Waals surface area contributed by atoms with Crippen LogP contribution in [-0.2, 0) is 17.8 Å². The molecule has 0 amide bonds. The van der Waals surface area contributed by atoms with Crippen LogP contribution < -0.4 is 4.74 Å². The molecule has 3 heteroatoms. The maximum atomic E-state index is 14.0. The summed E-state index contributed by atoms with van der Waals surface area (Å²) in [5, 5.41) is 0. The zero-order valence-corrected chi connectivity index (χ0v) is 11.4. The smallest absolute Gasteiger partial charge is 0.165 e. The minimum atomic E-state index is -0.373. The molecule has 0 atom stereocenters. The predicted molar refractivity (Wildman–Crippen MR) is 76.3 cm³/mol. The van der Waals surface area contributed by atoms with E-state index in [1.165, 1.54) is 6.07 Å². The number of hydrogen-bond acceptors (Lipinski definition) is 2. The number of aryl methyl sites for hydroxylation is 2. The van der Waals surface area contributed by atoms with Crippen molar-refractivity contribution in [2.24, 2.45) is 0 Å². The molecule has 0 unspecified atom stereocenters. The molecular weight excluding hydrogens is 255 g/mol. The molecular formula is C17H17FO2. The largest absolute Gasteiger partial charge is 0.486 e. The fourth-order valence-corrected chi connectivity index (χ4v) is 2.08. The van der Waals surface area contributed by atoms with Gasteiger partial charge in [-0.2, -0.15) is 0 Å². The lowest BCUT2D eigenvalue weighted by molar-refractivity contribution is -0.107. The number of carbonyl (C=O) groups is 1. The molecule has 2 aromatic carbocycles. The number of ether oxygens (including phenoxy) is 1. The van der Waals surface area contributed by atoms with Gasteiger partial charge in [0.15, 0.2) is 11.6 Å². The summed E-state index contributed by atoms with van der Waals surface area (Å²) < 4.78 is 19.6. The van der Waals surface area contributed by atoms with E-state index in [0.717, 1.165) is 23.0 Å². The summed E-state index contributed by atoms with van der Waals surface area (Å²) in [5.41, 5.74) is 2.57. The van der Waals surface area contributed by atoms with Gasteiger partial charge in [-0.05, 0) is 36.1 Å². The van der Waals surface area contributed by atoms with Crippen molar-refractivity contribution in [3.05, 3.63) is 65.0 Å². The molecule has 2 rings (SSSR count). The fourth-order valence-electron chi connectivity index (χ4n) is 2.08. The van der Waals surface area contributed by atoms with Crippen LogP contribution in [0, 0.1) is 12.7 Å². The molecule has 20 heavy (non-hydrogen) atoms. The zero-order valence-electron chi connectivity index (χ0n) is 11.4. The summed E-state index contributed by atoms with van der Waals surface area (Å²) in [6.45, 7) is 2.15. The highest BCUT2D eigenvalue weighted by Gasteiger charge is 2.09. The average Bonchev–Trinajstić information content (AvgIpc) is 2.45. The average molecular weight is 272 g/mol. The van der Waals surface area contributed by atoms with Crippen LogP contribution in [0.2, 0.25) is 0 Å². The summed E-state index contributed by atoms with van der Waals surface area (Å²) >= 11 is 0. The van der Waals surface area contributed by atoms with E-state index in [2.05, 4.69) is 0 Å². The first-order chi connectivity index (χ1) is 9.70. The minimum absolute atomic E-state index is 0.281. The highest BCUT2D eigenvalue weighted by Crippen LogP contribution is 2.25. The lowest BCUT2D eigenvalue weighted by Gasteiger charge is -2.12. The van der Waals surface area contributed by atoms with Crippen LogP contribution in [0.25, 0.3) is 0 Å². The van der Waals surface area contributed by atoms with Gasteiger partial charge in [-0.1, -0.05) is 36.4 Å². The fraction of sp³-hybridized carbons (Fsp3) is 0.235. The van der Waals surface area contributed by atoms with Crippen molar-refractivity contribution in [1.82, 2.24) is 0 Å². The second-order valence-corrected chi connectivity index (χ2v) is 4.70. The number of rotatable bonds is 6. The molecule has 0 aromatic heterocycles. The second-order valence-electron chi connectivity index (χ2n) is 4.70. The van der Waals surface area contributed by atoms with Crippen LogP contribution in [0.3, 0.4) is 0 Å². The van der Waals surface area contributed by atoms with Gasteiger partial charge in [0, 0.05) is 6.42 Å². The quantitative estimate of drug-likeness (QED) is 0.747.